The molecule has 0 saturated heterocycles. The molecule has 104 valence electrons. The van der Waals surface area contributed by atoms with Gasteiger partial charge < -0.3 is 9.32 Å². The fourth-order valence-electron chi connectivity index (χ4n) is 2.84. The third-order valence-electron chi connectivity index (χ3n) is 3.69. The minimum Gasteiger partial charge on any atom is -0.436 e. The van der Waals surface area contributed by atoms with Crippen LogP contribution in [0.4, 0.5) is 5.69 Å². The van der Waals surface area contributed by atoms with Gasteiger partial charge in [0.25, 0.3) is 5.91 Å². The topological polar surface area (TPSA) is 46.3 Å². The summed E-state index contributed by atoms with van der Waals surface area (Å²) < 4.78 is 5.48. The van der Waals surface area contributed by atoms with Gasteiger partial charge in [-0.3, -0.25) is 4.79 Å². The highest BCUT2D eigenvalue weighted by Gasteiger charge is 2.29. The highest BCUT2D eigenvalue weighted by Crippen LogP contribution is 2.31. The van der Waals surface area contributed by atoms with E-state index in [0.717, 1.165) is 18.7 Å². The SMILES string of the molecule is Cc1nc(C)c(C(=O)N2CC(C)Cc3ccccc32)o1. The average Bonchev–Trinajstić information content (AvgIpc) is 2.76. The molecular weight excluding hydrogens is 252 g/mol. The number of aromatic nitrogens is 1. The van der Waals surface area contributed by atoms with Gasteiger partial charge in [-0.1, -0.05) is 25.1 Å². The van der Waals surface area contributed by atoms with E-state index in [0.29, 0.717) is 23.3 Å². The summed E-state index contributed by atoms with van der Waals surface area (Å²) in [5, 5.41) is 0. The van der Waals surface area contributed by atoms with Crippen LogP contribution in [0.3, 0.4) is 0 Å². The largest absolute Gasteiger partial charge is 0.436 e. The molecule has 0 radical (unpaired) electrons. The maximum absolute atomic E-state index is 12.7. The zero-order valence-corrected chi connectivity index (χ0v) is 12.0. The molecule has 1 aromatic carbocycles. The van der Waals surface area contributed by atoms with Crippen molar-refractivity contribution in [3.8, 4) is 0 Å². The van der Waals surface area contributed by atoms with Crippen molar-refractivity contribution < 1.29 is 9.21 Å². The Kier molecular flexibility index (Phi) is 3.08. The summed E-state index contributed by atoms with van der Waals surface area (Å²) >= 11 is 0. The molecule has 3 rings (SSSR count). The van der Waals surface area contributed by atoms with Gasteiger partial charge in [-0.25, -0.2) is 4.98 Å². The van der Waals surface area contributed by atoms with Crippen LogP contribution in [-0.2, 0) is 6.42 Å². The number of anilines is 1. The summed E-state index contributed by atoms with van der Waals surface area (Å²) in [5.74, 6) is 1.23. The van der Waals surface area contributed by atoms with E-state index in [1.807, 2.05) is 30.0 Å². The monoisotopic (exact) mass is 270 g/mol. The molecule has 1 unspecified atom stereocenters. The zero-order valence-electron chi connectivity index (χ0n) is 12.0. The van der Waals surface area contributed by atoms with Crippen molar-refractivity contribution in [2.45, 2.75) is 27.2 Å². The summed E-state index contributed by atoms with van der Waals surface area (Å²) in [6.45, 7) is 6.45. The molecule has 1 aliphatic rings. The molecule has 1 aliphatic heterocycles. The third-order valence-corrected chi connectivity index (χ3v) is 3.69. The summed E-state index contributed by atoms with van der Waals surface area (Å²) in [4.78, 5) is 18.7. The summed E-state index contributed by atoms with van der Waals surface area (Å²) in [6, 6.07) is 8.07. The van der Waals surface area contributed by atoms with Crippen molar-refractivity contribution >= 4 is 11.6 Å². The molecule has 2 aromatic rings. The van der Waals surface area contributed by atoms with Crippen LogP contribution in [0.5, 0.6) is 0 Å². The van der Waals surface area contributed by atoms with Crippen molar-refractivity contribution in [1.29, 1.82) is 0 Å². The van der Waals surface area contributed by atoms with Gasteiger partial charge in [-0.2, -0.15) is 0 Å². The molecule has 4 heteroatoms. The van der Waals surface area contributed by atoms with Crippen LogP contribution in [0.25, 0.3) is 0 Å². The van der Waals surface area contributed by atoms with Gasteiger partial charge in [0, 0.05) is 19.2 Å². The fraction of sp³-hybridized carbons (Fsp3) is 0.375. The molecule has 2 heterocycles. The number of aryl methyl sites for hydroxylation is 2. The van der Waals surface area contributed by atoms with Gasteiger partial charge >= 0.3 is 0 Å². The van der Waals surface area contributed by atoms with Crippen molar-refractivity contribution in [1.82, 2.24) is 4.98 Å². The van der Waals surface area contributed by atoms with E-state index in [1.54, 1.807) is 6.92 Å². The predicted octanol–water partition coefficient (Wildman–Crippen LogP) is 3.13. The predicted molar refractivity (Wildman–Crippen MR) is 77.0 cm³/mol. The van der Waals surface area contributed by atoms with E-state index in [-0.39, 0.29) is 5.91 Å². The average molecular weight is 270 g/mol. The number of carbonyl (C=O) groups is 1. The van der Waals surface area contributed by atoms with E-state index < -0.39 is 0 Å². The first-order chi connectivity index (χ1) is 9.56. The second-order valence-electron chi connectivity index (χ2n) is 5.50. The number of nitrogens with zero attached hydrogens (tertiary/aromatic N) is 2. The molecule has 0 N–H and O–H groups in total. The first-order valence-corrected chi connectivity index (χ1v) is 6.90. The Morgan fingerprint density at radius 3 is 2.80 bits per heavy atom. The second kappa shape index (κ2) is 4.78. The molecule has 0 spiro atoms. The van der Waals surface area contributed by atoms with Crippen LogP contribution < -0.4 is 4.90 Å². The Labute approximate surface area is 118 Å². The Balaban J connectivity index is 2.02. The maximum atomic E-state index is 12.7. The molecule has 1 atom stereocenters. The lowest BCUT2D eigenvalue weighted by Crippen LogP contribution is -2.39. The number of carbonyl (C=O) groups excluding carboxylic acids is 1. The number of benzene rings is 1. The molecule has 1 aromatic heterocycles. The minimum absolute atomic E-state index is 0.0953. The number of rotatable bonds is 1. The minimum atomic E-state index is -0.0953. The normalized spacial score (nSPS) is 17.9. The maximum Gasteiger partial charge on any atom is 0.295 e. The first kappa shape index (κ1) is 12.9. The number of hydrogen-bond donors (Lipinski definition) is 0. The van der Waals surface area contributed by atoms with Crippen molar-refractivity contribution in [2.75, 3.05) is 11.4 Å². The molecule has 4 nitrogen and oxygen atoms in total. The Bertz CT molecular complexity index is 660. The molecule has 0 fully saturated rings. The van der Waals surface area contributed by atoms with Crippen LogP contribution in [0.2, 0.25) is 0 Å². The zero-order chi connectivity index (χ0) is 14.3. The highest BCUT2D eigenvalue weighted by atomic mass is 16.4. The smallest absolute Gasteiger partial charge is 0.295 e. The number of oxazole rings is 1. The van der Waals surface area contributed by atoms with Crippen molar-refractivity contribution in [2.24, 2.45) is 5.92 Å². The standard InChI is InChI=1S/C16H18N2O2/c1-10-8-13-6-4-5-7-14(13)18(9-10)16(19)15-11(2)17-12(3)20-15/h4-7,10H,8-9H2,1-3H3. The second-order valence-corrected chi connectivity index (χ2v) is 5.50. The third kappa shape index (κ3) is 2.11. The van der Waals surface area contributed by atoms with Crippen LogP contribution in [0.1, 0.15) is 34.6 Å². The molecule has 0 bridgehead atoms. The van der Waals surface area contributed by atoms with Crippen LogP contribution in [0, 0.1) is 19.8 Å². The van der Waals surface area contributed by atoms with Gasteiger partial charge in [0.05, 0.1) is 5.69 Å². The van der Waals surface area contributed by atoms with Gasteiger partial charge in [0.15, 0.2) is 5.89 Å². The highest BCUT2D eigenvalue weighted by molar-refractivity contribution is 6.05. The molecular formula is C16H18N2O2. The van der Waals surface area contributed by atoms with Crippen LogP contribution in [0.15, 0.2) is 28.7 Å². The molecule has 0 aliphatic carbocycles. The summed E-state index contributed by atoms with van der Waals surface area (Å²) in [5.41, 5.74) is 2.86. The number of hydrogen-bond acceptors (Lipinski definition) is 3. The van der Waals surface area contributed by atoms with Crippen molar-refractivity contribution in [3.05, 3.63) is 47.2 Å². The van der Waals surface area contributed by atoms with Crippen LogP contribution in [-0.4, -0.2) is 17.4 Å². The summed E-state index contributed by atoms with van der Waals surface area (Å²) in [7, 11) is 0. The van der Waals surface area contributed by atoms with E-state index in [2.05, 4.69) is 18.0 Å². The molecule has 20 heavy (non-hydrogen) atoms. The Hall–Kier alpha value is -2.10. The van der Waals surface area contributed by atoms with E-state index in [4.69, 9.17) is 4.42 Å². The van der Waals surface area contributed by atoms with E-state index in [1.165, 1.54) is 5.56 Å². The lowest BCUT2D eigenvalue weighted by molar-refractivity contribution is 0.0952. The van der Waals surface area contributed by atoms with Crippen LogP contribution >= 0.6 is 0 Å². The van der Waals surface area contributed by atoms with E-state index in [9.17, 15) is 4.79 Å². The van der Waals surface area contributed by atoms with Gasteiger partial charge in [0.2, 0.25) is 5.76 Å². The lowest BCUT2D eigenvalue weighted by Gasteiger charge is -2.32. The number of fused-ring (bicyclic) bond motifs is 1. The van der Waals surface area contributed by atoms with E-state index >= 15 is 0 Å². The van der Waals surface area contributed by atoms with Gasteiger partial charge in [0.1, 0.15) is 0 Å². The first-order valence-electron chi connectivity index (χ1n) is 6.90. The Morgan fingerprint density at radius 1 is 1.35 bits per heavy atom. The van der Waals surface area contributed by atoms with Gasteiger partial charge in [-0.15, -0.1) is 0 Å². The van der Waals surface area contributed by atoms with Crippen molar-refractivity contribution in [3.63, 3.8) is 0 Å². The quantitative estimate of drug-likeness (QED) is 0.799. The van der Waals surface area contributed by atoms with Gasteiger partial charge in [-0.05, 0) is 30.9 Å². The fourth-order valence-corrected chi connectivity index (χ4v) is 2.84. The number of para-hydroxylation sites is 1. The number of amides is 1. The lowest BCUT2D eigenvalue weighted by atomic mass is 9.93. The molecule has 0 saturated carbocycles. The Morgan fingerprint density at radius 2 is 2.10 bits per heavy atom. The summed E-state index contributed by atoms with van der Waals surface area (Å²) in [6.07, 6.45) is 1.01. The molecule has 1 amide bonds.